The number of aromatic nitrogens is 1. The maximum atomic E-state index is 10.6. The van der Waals surface area contributed by atoms with Crippen molar-refractivity contribution in [3.63, 3.8) is 0 Å². The number of ether oxygens (including phenoxy) is 3. The van der Waals surface area contributed by atoms with Gasteiger partial charge in [-0.15, -0.1) is 0 Å². The minimum atomic E-state index is -5.08. The van der Waals surface area contributed by atoms with E-state index in [4.69, 9.17) is 29.8 Å². The lowest BCUT2D eigenvalue weighted by molar-refractivity contribution is -0.192. The lowest BCUT2D eigenvalue weighted by Gasteiger charge is -2.12. The number of aliphatic carboxylic acids is 1. The van der Waals surface area contributed by atoms with Crippen LogP contribution in [0, 0.1) is 0 Å². The second kappa shape index (κ2) is 13.0. The van der Waals surface area contributed by atoms with Crippen LogP contribution in [0.5, 0.6) is 23.1 Å². The number of halogens is 3. The molecule has 0 atom stereocenters. The highest BCUT2D eigenvalue weighted by atomic mass is 19.4. The van der Waals surface area contributed by atoms with Gasteiger partial charge in [-0.25, -0.2) is 4.79 Å². The SMILES string of the molecule is COCCNc1cc(CN)cc(Oc2cccc(Oc3ccccc3)c2)n1.O=C(O)C(F)(F)F. The molecule has 34 heavy (non-hydrogen) atoms. The van der Waals surface area contributed by atoms with Crippen LogP contribution in [0.4, 0.5) is 19.0 Å². The summed E-state index contributed by atoms with van der Waals surface area (Å²) in [5.41, 5.74) is 6.72. The second-order valence-corrected chi connectivity index (χ2v) is 6.62. The van der Waals surface area contributed by atoms with Gasteiger partial charge in [0.1, 0.15) is 23.1 Å². The number of rotatable bonds is 9. The van der Waals surface area contributed by atoms with Crippen LogP contribution >= 0.6 is 0 Å². The number of alkyl halides is 3. The highest BCUT2D eigenvalue weighted by Gasteiger charge is 2.38. The fourth-order valence-electron chi connectivity index (χ4n) is 2.45. The molecule has 0 radical (unpaired) electrons. The van der Waals surface area contributed by atoms with Gasteiger partial charge in [0.2, 0.25) is 5.88 Å². The van der Waals surface area contributed by atoms with Gasteiger partial charge in [0.05, 0.1) is 6.61 Å². The molecular formula is C23H24F3N3O5. The van der Waals surface area contributed by atoms with Crippen molar-refractivity contribution in [2.24, 2.45) is 5.73 Å². The number of hydrogen-bond acceptors (Lipinski definition) is 7. The van der Waals surface area contributed by atoms with Crippen molar-refractivity contribution in [3.8, 4) is 23.1 Å². The summed E-state index contributed by atoms with van der Waals surface area (Å²) in [7, 11) is 1.66. The van der Waals surface area contributed by atoms with Crippen molar-refractivity contribution >= 4 is 11.8 Å². The third-order valence-electron chi connectivity index (χ3n) is 3.96. The first-order valence-electron chi connectivity index (χ1n) is 9.96. The molecule has 4 N–H and O–H groups in total. The number of methoxy groups -OCH3 is 1. The summed E-state index contributed by atoms with van der Waals surface area (Å²) in [6, 6.07) is 20.8. The molecule has 0 saturated heterocycles. The average Bonchev–Trinajstić information content (AvgIpc) is 2.80. The number of carboxylic acids is 1. The van der Waals surface area contributed by atoms with Gasteiger partial charge in [-0.3, -0.25) is 0 Å². The van der Waals surface area contributed by atoms with Crippen molar-refractivity contribution in [1.29, 1.82) is 0 Å². The van der Waals surface area contributed by atoms with Crippen LogP contribution in [-0.4, -0.2) is 42.5 Å². The fraction of sp³-hybridized carbons (Fsp3) is 0.217. The summed E-state index contributed by atoms with van der Waals surface area (Å²) in [4.78, 5) is 13.4. The monoisotopic (exact) mass is 479 g/mol. The Labute approximate surface area is 194 Å². The van der Waals surface area contributed by atoms with E-state index in [1.807, 2.05) is 66.7 Å². The molecule has 8 nitrogen and oxygen atoms in total. The van der Waals surface area contributed by atoms with E-state index in [1.165, 1.54) is 0 Å². The summed E-state index contributed by atoms with van der Waals surface area (Å²) in [5, 5.41) is 10.3. The molecule has 0 saturated carbocycles. The van der Waals surface area contributed by atoms with Gasteiger partial charge < -0.3 is 30.4 Å². The number of anilines is 1. The zero-order valence-corrected chi connectivity index (χ0v) is 18.2. The summed E-state index contributed by atoms with van der Waals surface area (Å²) >= 11 is 0. The molecule has 3 rings (SSSR count). The number of carboxylic acid groups (broad SMARTS) is 1. The standard InChI is InChI=1S/C21H23N3O3.C2HF3O2/c1-25-11-10-23-20-12-16(15-22)13-21(24-20)27-19-9-5-8-18(14-19)26-17-6-3-2-4-7-17;3-2(4,5)1(6)7/h2-9,12-14H,10-11,15,22H2,1H3,(H,23,24);(H,6,7). The Hall–Kier alpha value is -3.83. The smallest absolute Gasteiger partial charge is 0.475 e. The summed E-state index contributed by atoms with van der Waals surface area (Å²) in [6.45, 7) is 1.63. The molecule has 11 heteroatoms. The second-order valence-electron chi connectivity index (χ2n) is 6.62. The van der Waals surface area contributed by atoms with E-state index in [9.17, 15) is 13.2 Å². The number of nitrogens with zero attached hydrogens (tertiary/aromatic N) is 1. The Bertz CT molecular complexity index is 1050. The van der Waals surface area contributed by atoms with Gasteiger partial charge in [0.15, 0.2) is 0 Å². The largest absolute Gasteiger partial charge is 0.490 e. The highest BCUT2D eigenvalue weighted by molar-refractivity contribution is 5.73. The van der Waals surface area contributed by atoms with Crippen molar-refractivity contribution < 1.29 is 37.3 Å². The Balaban J connectivity index is 0.000000509. The zero-order valence-electron chi connectivity index (χ0n) is 18.2. The van der Waals surface area contributed by atoms with Gasteiger partial charge >= 0.3 is 12.1 Å². The van der Waals surface area contributed by atoms with E-state index >= 15 is 0 Å². The van der Waals surface area contributed by atoms with Crippen molar-refractivity contribution in [1.82, 2.24) is 4.98 Å². The van der Waals surface area contributed by atoms with Crippen LogP contribution in [0.3, 0.4) is 0 Å². The predicted octanol–water partition coefficient (Wildman–Crippen LogP) is 4.82. The lowest BCUT2D eigenvalue weighted by atomic mass is 10.2. The van der Waals surface area contributed by atoms with E-state index in [0.717, 1.165) is 11.3 Å². The Kier molecular flexibility index (Phi) is 10.1. The maximum absolute atomic E-state index is 10.6. The molecule has 2 aromatic carbocycles. The Morgan fingerprint density at radius 3 is 2.21 bits per heavy atom. The molecule has 0 aliphatic carbocycles. The average molecular weight is 479 g/mol. The van der Waals surface area contributed by atoms with Crippen LogP contribution in [0.15, 0.2) is 66.7 Å². The van der Waals surface area contributed by atoms with E-state index in [2.05, 4.69) is 10.3 Å². The molecule has 0 fully saturated rings. The molecular weight excluding hydrogens is 455 g/mol. The first-order valence-corrected chi connectivity index (χ1v) is 9.96. The predicted molar refractivity (Wildman–Crippen MR) is 119 cm³/mol. The molecule has 0 spiro atoms. The minimum Gasteiger partial charge on any atom is -0.475 e. The molecule has 182 valence electrons. The number of para-hydroxylation sites is 1. The molecule has 0 unspecified atom stereocenters. The summed E-state index contributed by atoms with van der Waals surface area (Å²) in [6.07, 6.45) is -5.08. The number of hydrogen-bond donors (Lipinski definition) is 3. The number of nitrogens with two attached hydrogens (primary N) is 1. The quantitative estimate of drug-likeness (QED) is 0.374. The van der Waals surface area contributed by atoms with Crippen molar-refractivity contribution in [2.45, 2.75) is 12.7 Å². The van der Waals surface area contributed by atoms with Gasteiger partial charge in [-0.2, -0.15) is 18.2 Å². The summed E-state index contributed by atoms with van der Waals surface area (Å²) in [5.74, 6) is 0.492. The van der Waals surface area contributed by atoms with Gasteiger partial charge in [-0.05, 0) is 35.9 Å². The maximum Gasteiger partial charge on any atom is 0.490 e. The Morgan fingerprint density at radius 1 is 1.00 bits per heavy atom. The molecule has 1 aromatic heterocycles. The van der Waals surface area contributed by atoms with Crippen LogP contribution < -0.4 is 20.5 Å². The lowest BCUT2D eigenvalue weighted by Crippen LogP contribution is -2.21. The zero-order chi connectivity index (χ0) is 25.0. The molecule has 1 heterocycles. The third kappa shape index (κ3) is 9.35. The highest BCUT2D eigenvalue weighted by Crippen LogP contribution is 2.28. The van der Waals surface area contributed by atoms with Gasteiger partial charge in [0, 0.05) is 32.3 Å². The molecule has 0 amide bonds. The number of carbonyl (C=O) groups is 1. The van der Waals surface area contributed by atoms with Crippen LogP contribution in [-0.2, 0) is 16.1 Å². The van der Waals surface area contributed by atoms with Crippen LogP contribution in [0.2, 0.25) is 0 Å². The van der Waals surface area contributed by atoms with Gasteiger partial charge in [-0.1, -0.05) is 24.3 Å². The molecule has 0 bridgehead atoms. The van der Waals surface area contributed by atoms with Crippen molar-refractivity contribution in [2.75, 3.05) is 25.6 Å². The van der Waals surface area contributed by atoms with E-state index in [1.54, 1.807) is 7.11 Å². The first-order chi connectivity index (χ1) is 16.2. The van der Waals surface area contributed by atoms with Gasteiger partial charge in [0.25, 0.3) is 0 Å². The van der Waals surface area contributed by atoms with Crippen LogP contribution in [0.1, 0.15) is 5.56 Å². The van der Waals surface area contributed by atoms with Crippen molar-refractivity contribution in [3.05, 3.63) is 72.3 Å². The number of benzene rings is 2. The normalized spacial score (nSPS) is 10.6. The minimum absolute atomic E-state index is 0.398. The van der Waals surface area contributed by atoms with Crippen LogP contribution in [0.25, 0.3) is 0 Å². The van der Waals surface area contributed by atoms with E-state index in [0.29, 0.717) is 42.9 Å². The first kappa shape index (κ1) is 26.4. The fourth-order valence-corrected chi connectivity index (χ4v) is 2.45. The molecule has 0 aliphatic heterocycles. The van der Waals surface area contributed by atoms with E-state index < -0.39 is 12.1 Å². The van der Waals surface area contributed by atoms with E-state index in [-0.39, 0.29) is 0 Å². The molecule has 3 aromatic rings. The number of nitrogens with one attached hydrogen (secondary N) is 1. The number of pyridine rings is 1. The third-order valence-corrected chi connectivity index (χ3v) is 3.96. The topological polar surface area (TPSA) is 116 Å². The Morgan fingerprint density at radius 2 is 1.62 bits per heavy atom. The summed E-state index contributed by atoms with van der Waals surface area (Å²) < 4.78 is 48.6. The molecule has 0 aliphatic rings.